The molecule has 3 heterocycles. The lowest BCUT2D eigenvalue weighted by Gasteiger charge is -2.26. The minimum absolute atomic E-state index is 0. The Labute approximate surface area is 217 Å². The largest absolute Gasteiger partial charge is 0.443 e. The average Bonchev–Trinajstić information content (AvgIpc) is 3.32. The van der Waals surface area contributed by atoms with E-state index < -0.39 is 17.7 Å². The van der Waals surface area contributed by atoms with Gasteiger partial charge in [-0.2, -0.15) is 0 Å². The van der Waals surface area contributed by atoms with Crippen molar-refractivity contribution in [2.75, 3.05) is 26.3 Å². The number of hydrogen-bond acceptors (Lipinski definition) is 7. The Balaban J connectivity index is 0.00000380. The molecule has 1 saturated heterocycles. The minimum atomic E-state index is -1.07. The number of nitrogens with two attached hydrogens (primary N) is 1. The zero-order valence-corrected chi connectivity index (χ0v) is 20.6. The van der Waals surface area contributed by atoms with E-state index in [4.69, 9.17) is 15.2 Å². The molecule has 1 aliphatic rings. The third-order valence-electron chi connectivity index (χ3n) is 5.83. The van der Waals surface area contributed by atoms with Crippen LogP contribution in [0.1, 0.15) is 50.8 Å². The molecule has 0 unspecified atom stereocenters. The molecule has 37 heavy (non-hydrogen) atoms. The van der Waals surface area contributed by atoms with Crippen molar-refractivity contribution in [2.24, 2.45) is 5.73 Å². The smallest absolute Gasteiger partial charge is 0.410 e. The maximum atomic E-state index is 12.8. The Morgan fingerprint density at radius 3 is 2.57 bits per heavy atom. The predicted molar refractivity (Wildman–Crippen MR) is 142 cm³/mol. The first kappa shape index (κ1) is 27.8. The van der Waals surface area contributed by atoms with Gasteiger partial charge >= 0.3 is 6.09 Å². The highest BCUT2D eigenvalue weighted by atomic mass is 16.6. The van der Waals surface area contributed by atoms with Crippen molar-refractivity contribution in [3.05, 3.63) is 71.7 Å². The summed E-state index contributed by atoms with van der Waals surface area (Å²) in [6.45, 7) is 5.32. The molecule has 10 nitrogen and oxygen atoms in total. The molecule has 0 aliphatic carbocycles. The van der Waals surface area contributed by atoms with Crippen LogP contribution in [0.5, 0.6) is 0 Å². The number of carbonyl (C=O) groups excluding carboxylic acids is 2. The van der Waals surface area contributed by atoms with Gasteiger partial charge in [0, 0.05) is 13.1 Å². The second-order valence-electron chi connectivity index (χ2n) is 9.22. The van der Waals surface area contributed by atoms with Crippen LogP contribution >= 0.6 is 0 Å². The van der Waals surface area contributed by atoms with Gasteiger partial charge in [0.2, 0.25) is 5.91 Å². The van der Waals surface area contributed by atoms with Gasteiger partial charge in [0.1, 0.15) is 6.61 Å². The van der Waals surface area contributed by atoms with E-state index in [1.165, 1.54) is 0 Å². The molecule has 2 aromatic heterocycles. The normalized spacial score (nSPS) is 14.8. The molecular weight excluding hydrogens is 472 g/mol. The van der Waals surface area contributed by atoms with Gasteiger partial charge in [-0.25, -0.2) is 4.79 Å². The standard InChI is InChI=1S/C26H32N6O4.CH4/c1-26(2,27)24(33)28-21(12-6-10-19-8-4-3-5-9-19)23-30-29-22-13-7-11-20(32(22)23)18-36-25(34)31-14-16-35-17-15-31;/h3-11,13,21H,12,14-18,27H2,1-2H3,(H,28,33);1H4/b10-6+;/t21-;/m1./s1. The lowest BCUT2D eigenvalue weighted by molar-refractivity contribution is -0.126. The number of amides is 2. The maximum Gasteiger partial charge on any atom is 0.410 e. The van der Waals surface area contributed by atoms with E-state index in [2.05, 4.69) is 15.5 Å². The van der Waals surface area contributed by atoms with Gasteiger partial charge < -0.3 is 25.4 Å². The number of benzene rings is 1. The topological polar surface area (TPSA) is 124 Å². The van der Waals surface area contributed by atoms with Crippen molar-refractivity contribution in [3.8, 4) is 0 Å². The van der Waals surface area contributed by atoms with Crippen LogP contribution in [0.3, 0.4) is 0 Å². The number of aromatic nitrogens is 3. The molecule has 4 rings (SSSR count). The maximum absolute atomic E-state index is 12.8. The summed E-state index contributed by atoms with van der Waals surface area (Å²) in [6, 6.07) is 14.9. The van der Waals surface area contributed by atoms with E-state index in [-0.39, 0.29) is 19.9 Å². The van der Waals surface area contributed by atoms with Gasteiger partial charge in [-0.1, -0.05) is 56.0 Å². The molecule has 3 N–H and O–H groups in total. The monoisotopic (exact) mass is 508 g/mol. The fraction of sp³-hybridized carbons (Fsp3) is 0.407. The first-order valence-electron chi connectivity index (χ1n) is 12.0. The molecule has 1 fully saturated rings. The van der Waals surface area contributed by atoms with E-state index in [9.17, 15) is 9.59 Å². The molecule has 0 bridgehead atoms. The number of morpholine rings is 1. The summed E-state index contributed by atoms with van der Waals surface area (Å²) >= 11 is 0. The number of ether oxygens (including phenoxy) is 2. The number of nitrogens with zero attached hydrogens (tertiary/aromatic N) is 4. The second kappa shape index (κ2) is 12.5. The third-order valence-corrected chi connectivity index (χ3v) is 5.83. The number of rotatable bonds is 8. The highest BCUT2D eigenvalue weighted by Crippen LogP contribution is 2.21. The van der Waals surface area contributed by atoms with Gasteiger partial charge in [-0.05, 0) is 38.0 Å². The highest BCUT2D eigenvalue weighted by Gasteiger charge is 2.28. The number of fused-ring (bicyclic) bond motifs is 1. The van der Waals surface area contributed by atoms with Gasteiger partial charge in [-0.15, -0.1) is 10.2 Å². The zero-order chi connectivity index (χ0) is 25.5. The summed E-state index contributed by atoms with van der Waals surface area (Å²) in [4.78, 5) is 27.0. The Hall–Kier alpha value is -3.76. The molecule has 198 valence electrons. The van der Waals surface area contributed by atoms with Crippen LogP contribution in [-0.2, 0) is 20.9 Å². The van der Waals surface area contributed by atoms with Crippen molar-refractivity contribution in [1.29, 1.82) is 0 Å². The predicted octanol–water partition coefficient (Wildman–Crippen LogP) is 3.33. The summed E-state index contributed by atoms with van der Waals surface area (Å²) < 4.78 is 12.7. The molecule has 1 aliphatic heterocycles. The molecule has 2 amide bonds. The summed E-state index contributed by atoms with van der Waals surface area (Å²) in [7, 11) is 0. The van der Waals surface area contributed by atoms with E-state index in [1.54, 1.807) is 18.7 Å². The molecule has 0 radical (unpaired) electrons. The van der Waals surface area contributed by atoms with Gasteiger partial charge in [0.25, 0.3) is 0 Å². The van der Waals surface area contributed by atoms with Crippen molar-refractivity contribution in [2.45, 2.75) is 45.9 Å². The summed E-state index contributed by atoms with van der Waals surface area (Å²) in [6.07, 6.45) is 4.03. The number of pyridine rings is 1. The lowest BCUT2D eigenvalue weighted by Crippen LogP contribution is -2.50. The summed E-state index contributed by atoms with van der Waals surface area (Å²) in [5.41, 5.74) is 7.30. The number of nitrogens with one attached hydrogen (secondary N) is 1. The summed E-state index contributed by atoms with van der Waals surface area (Å²) in [5.74, 6) is 0.215. The van der Waals surface area contributed by atoms with Crippen LogP contribution in [0.4, 0.5) is 4.79 Å². The quantitative estimate of drug-likeness (QED) is 0.478. The Bertz CT molecular complexity index is 1210. The van der Waals surface area contributed by atoms with Gasteiger partial charge in [0.15, 0.2) is 11.5 Å². The number of hydrogen-bond donors (Lipinski definition) is 2. The fourth-order valence-electron chi connectivity index (χ4n) is 3.82. The molecule has 1 atom stereocenters. The molecular formula is C27H36N6O4. The van der Waals surface area contributed by atoms with Crippen molar-refractivity contribution >= 4 is 23.7 Å². The molecule has 0 saturated carbocycles. The van der Waals surface area contributed by atoms with E-state index in [0.717, 1.165) is 5.56 Å². The van der Waals surface area contributed by atoms with Crippen LogP contribution in [-0.4, -0.2) is 63.3 Å². The Kier molecular flexibility index (Phi) is 9.37. The van der Waals surface area contributed by atoms with E-state index in [1.807, 2.05) is 65.1 Å². The summed E-state index contributed by atoms with van der Waals surface area (Å²) in [5, 5.41) is 11.7. The number of carbonyl (C=O) groups is 2. The fourth-order valence-corrected chi connectivity index (χ4v) is 3.82. The molecule has 3 aromatic rings. The highest BCUT2D eigenvalue weighted by molar-refractivity contribution is 5.85. The van der Waals surface area contributed by atoms with Crippen molar-refractivity contribution in [3.63, 3.8) is 0 Å². The van der Waals surface area contributed by atoms with Crippen LogP contribution in [0.15, 0.2) is 54.6 Å². The minimum Gasteiger partial charge on any atom is -0.443 e. The molecule has 10 heteroatoms. The van der Waals surface area contributed by atoms with E-state index in [0.29, 0.717) is 49.9 Å². The molecule has 0 spiro atoms. The zero-order valence-electron chi connectivity index (χ0n) is 20.6. The third kappa shape index (κ3) is 7.14. The first-order chi connectivity index (χ1) is 17.3. The van der Waals surface area contributed by atoms with Crippen LogP contribution in [0.2, 0.25) is 0 Å². The van der Waals surface area contributed by atoms with Gasteiger partial charge in [0.05, 0.1) is 30.5 Å². The van der Waals surface area contributed by atoms with E-state index >= 15 is 0 Å². The molecule has 1 aromatic carbocycles. The lowest BCUT2D eigenvalue weighted by atomic mass is 10.0. The van der Waals surface area contributed by atoms with Crippen LogP contribution in [0, 0.1) is 0 Å². The average molecular weight is 509 g/mol. The SMILES string of the molecule is C.CC(C)(N)C(=O)N[C@H](C/C=C/c1ccccc1)c1nnc2cccc(COC(=O)N3CCOCC3)n12. The second-order valence-corrected chi connectivity index (χ2v) is 9.22. The Morgan fingerprint density at radius 2 is 1.86 bits per heavy atom. The Morgan fingerprint density at radius 1 is 1.14 bits per heavy atom. The van der Waals surface area contributed by atoms with Crippen LogP contribution in [0.25, 0.3) is 11.7 Å². The van der Waals surface area contributed by atoms with Gasteiger partial charge in [-0.3, -0.25) is 9.20 Å². The van der Waals surface area contributed by atoms with Crippen LogP contribution < -0.4 is 11.1 Å². The van der Waals surface area contributed by atoms with Crippen molar-refractivity contribution < 1.29 is 19.1 Å². The van der Waals surface area contributed by atoms with Crippen molar-refractivity contribution in [1.82, 2.24) is 24.8 Å². The first-order valence-corrected chi connectivity index (χ1v) is 12.0.